The van der Waals surface area contributed by atoms with Crippen molar-refractivity contribution in [3.05, 3.63) is 52.6 Å². The summed E-state index contributed by atoms with van der Waals surface area (Å²) in [6.07, 6.45) is 4.78. The molecule has 7 heteroatoms. The van der Waals surface area contributed by atoms with Gasteiger partial charge in [-0.25, -0.2) is 8.78 Å². The summed E-state index contributed by atoms with van der Waals surface area (Å²) < 4.78 is 34.3. The van der Waals surface area contributed by atoms with Gasteiger partial charge in [-0.2, -0.15) is 5.06 Å². The SMILES string of the molecule is CN1Oc2ccc(F)c(c2)CC(CN2CCC3(CC2)OCC2=C3C=C(F)CC2)C1=O. The molecule has 1 saturated heterocycles. The maximum absolute atomic E-state index is 14.2. The molecule has 30 heavy (non-hydrogen) atoms. The number of halogens is 2. The Kier molecular flexibility index (Phi) is 4.90. The first-order chi connectivity index (χ1) is 14.4. The Labute approximate surface area is 174 Å². The second kappa shape index (κ2) is 7.46. The fourth-order valence-electron chi connectivity index (χ4n) is 5.18. The number of ether oxygens (including phenoxy) is 1. The molecule has 5 nitrogen and oxygen atoms in total. The van der Waals surface area contributed by atoms with Gasteiger partial charge in [0.2, 0.25) is 0 Å². The number of fused-ring (bicyclic) bond motifs is 3. The Morgan fingerprint density at radius 2 is 2.00 bits per heavy atom. The van der Waals surface area contributed by atoms with Crippen molar-refractivity contribution < 1.29 is 23.1 Å². The number of piperidine rings is 1. The average Bonchev–Trinajstić information content (AvgIpc) is 3.07. The van der Waals surface area contributed by atoms with Crippen molar-refractivity contribution in [3.8, 4) is 5.75 Å². The zero-order valence-corrected chi connectivity index (χ0v) is 17.1. The number of likely N-dealkylation sites (tertiary alicyclic amines) is 1. The largest absolute Gasteiger partial charge is 0.377 e. The highest BCUT2D eigenvalue weighted by molar-refractivity contribution is 5.78. The van der Waals surface area contributed by atoms with Gasteiger partial charge >= 0.3 is 0 Å². The summed E-state index contributed by atoms with van der Waals surface area (Å²) in [4.78, 5) is 20.7. The molecule has 1 fully saturated rings. The third-order valence-electron chi connectivity index (χ3n) is 6.89. The Bertz CT molecular complexity index is 934. The number of amides is 1. The number of hydroxylamine groups is 2. The van der Waals surface area contributed by atoms with Crippen molar-refractivity contribution >= 4 is 5.91 Å². The van der Waals surface area contributed by atoms with E-state index in [-0.39, 0.29) is 23.5 Å². The summed E-state index contributed by atoms with van der Waals surface area (Å²) in [6.45, 7) is 2.63. The molecule has 3 aliphatic heterocycles. The molecule has 4 aliphatic rings. The van der Waals surface area contributed by atoms with Crippen molar-refractivity contribution in [3.63, 3.8) is 0 Å². The summed E-state index contributed by atoms with van der Waals surface area (Å²) >= 11 is 0. The number of carbonyl (C=O) groups is 1. The zero-order chi connectivity index (χ0) is 20.9. The maximum atomic E-state index is 14.2. The summed E-state index contributed by atoms with van der Waals surface area (Å²) in [5.41, 5.74) is 2.38. The second-order valence-electron chi connectivity index (χ2n) is 8.77. The Morgan fingerprint density at radius 1 is 1.20 bits per heavy atom. The van der Waals surface area contributed by atoms with Crippen molar-refractivity contribution in [1.82, 2.24) is 9.96 Å². The van der Waals surface area contributed by atoms with E-state index < -0.39 is 5.60 Å². The fourth-order valence-corrected chi connectivity index (χ4v) is 5.18. The Balaban J connectivity index is 1.29. The lowest BCUT2D eigenvalue weighted by atomic mass is 9.80. The second-order valence-corrected chi connectivity index (χ2v) is 8.77. The van der Waals surface area contributed by atoms with Gasteiger partial charge in [-0.3, -0.25) is 4.79 Å². The molecule has 1 aromatic rings. The molecule has 0 radical (unpaired) electrons. The third-order valence-corrected chi connectivity index (χ3v) is 6.89. The zero-order valence-electron chi connectivity index (χ0n) is 17.1. The van der Waals surface area contributed by atoms with Crippen molar-refractivity contribution in [2.45, 2.75) is 37.7 Å². The summed E-state index contributed by atoms with van der Waals surface area (Å²) in [5.74, 6) is -0.446. The van der Waals surface area contributed by atoms with Crippen LogP contribution in [-0.2, 0) is 16.0 Å². The molecule has 1 unspecified atom stereocenters. The van der Waals surface area contributed by atoms with Crippen LogP contribution in [0.4, 0.5) is 8.78 Å². The van der Waals surface area contributed by atoms with E-state index in [1.54, 1.807) is 19.2 Å². The van der Waals surface area contributed by atoms with Crippen LogP contribution in [0.2, 0.25) is 0 Å². The smallest absolute Gasteiger partial charge is 0.259 e. The minimum atomic E-state index is -0.394. The first-order valence-corrected chi connectivity index (χ1v) is 10.6. The number of benzene rings is 1. The van der Waals surface area contributed by atoms with Crippen LogP contribution >= 0.6 is 0 Å². The van der Waals surface area contributed by atoms with E-state index in [0.29, 0.717) is 37.3 Å². The van der Waals surface area contributed by atoms with Gasteiger partial charge in [0.1, 0.15) is 11.6 Å². The van der Waals surface area contributed by atoms with Gasteiger partial charge in [0.05, 0.1) is 18.1 Å². The predicted molar refractivity (Wildman–Crippen MR) is 107 cm³/mol. The Hall–Kier alpha value is -2.25. The summed E-state index contributed by atoms with van der Waals surface area (Å²) in [5, 5.41) is 1.25. The van der Waals surface area contributed by atoms with Gasteiger partial charge in [0, 0.05) is 33.1 Å². The van der Waals surface area contributed by atoms with Crippen LogP contribution in [0.25, 0.3) is 0 Å². The van der Waals surface area contributed by atoms with Crippen LogP contribution < -0.4 is 4.84 Å². The number of nitrogens with zero attached hydrogens (tertiary/aromatic N) is 2. The monoisotopic (exact) mass is 416 g/mol. The molecule has 0 saturated carbocycles. The molecular formula is C23H26F2N2O3. The molecule has 1 aliphatic carbocycles. The van der Waals surface area contributed by atoms with E-state index in [2.05, 4.69) is 4.90 Å². The van der Waals surface area contributed by atoms with E-state index >= 15 is 0 Å². The number of hydrogen-bond acceptors (Lipinski definition) is 4. The van der Waals surface area contributed by atoms with Gasteiger partial charge in [-0.1, -0.05) is 0 Å². The van der Waals surface area contributed by atoms with E-state index in [0.717, 1.165) is 37.9 Å². The van der Waals surface area contributed by atoms with Gasteiger partial charge < -0.3 is 14.5 Å². The van der Waals surface area contributed by atoms with Crippen LogP contribution in [0.15, 0.2) is 41.2 Å². The van der Waals surface area contributed by atoms with E-state index in [1.165, 1.54) is 22.8 Å². The lowest BCUT2D eigenvalue weighted by molar-refractivity contribution is -0.158. The molecule has 1 atom stereocenters. The van der Waals surface area contributed by atoms with Crippen molar-refractivity contribution in [2.24, 2.45) is 5.92 Å². The lowest BCUT2D eigenvalue weighted by Gasteiger charge is -2.41. The highest BCUT2D eigenvalue weighted by atomic mass is 19.1. The molecule has 1 aromatic carbocycles. The summed E-state index contributed by atoms with van der Waals surface area (Å²) in [7, 11) is 1.60. The van der Waals surface area contributed by atoms with Crippen LogP contribution in [-0.4, -0.2) is 54.8 Å². The van der Waals surface area contributed by atoms with Crippen LogP contribution in [0, 0.1) is 11.7 Å². The lowest BCUT2D eigenvalue weighted by Crippen LogP contribution is -2.49. The molecule has 1 amide bonds. The van der Waals surface area contributed by atoms with Gasteiger partial charge in [-0.15, -0.1) is 0 Å². The van der Waals surface area contributed by atoms with E-state index in [9.17, 15) is 13.6 Å². The first-order valence-electron chi connectivity index (χ1n) is 10.6. The van der Waals surface area contributed by atoms with Gasteiger partial charge in [0.25, 0.3) is 5.91 Å². The van der Waals surface area contributed by atoms with Crippen molar-refractivity contribution in [2.75, 3.05) is 33.3 Å². The highest BCUT2D eigenvalue weighted by Crippen LogP contribution is 2.45. The quantitative estimate of drug-likeness (QED) is 0.740. The topological polar surface area (TPSA) is 42.0 Å². The van der Waals surface area contributed by atoms with Gasteiger partial charge in [0.15, 0.2) is 5.75 Å². The number of allylic oxidation sites excluding steroid dienone is 1. The molecule has 160 valence electrons. The maximum Gasteiger partial charge on any atom is 0.259 e. The fraction of sp³-hybridized carbons (Fsp3) is 0.522. The van der Waals surface area contributed by atoms with E-state index in [1.807, 2.05) is 0 Å². The molecule has 1 spiro atoms. The van der Waals surface area contributed by atoms with Crippen LogP contribution in [0.5, 0.6) is 5.75 Å². The predicted octanol–water partition coefficient (Wildman–Crippen LogP) is 3.56. The molecule has 5 rings (SSSR count). The normalized spacial score (nSPS) is 26.2. The van der Waals surface area contributed by atoms with Crippen LogP contribution in [0.3, 0.4) is 0 Å². The van der Waals surface area contributed by atoms with Crippen molar-refractivity contribution in [1.29, 1.82) is 0 Å². The highest BCUT2D eigenvalue weighted by Gasteiger charge is 2.45. The minimum absolute atomic E-state index is 0.0616. The minimum Gasteiger partial charge on any atom is -0.377 e. The molecule has 3 heterocycles. The molecule has 0 N–H and O–H groups in total. The Morgan fingerprint density at radius 3 is 2.80 bits per heavy atom. The number of carbonyl (C=O) groups excluding carboxylic acids is 1. The molecule has 0 aromatic heterocycles. The summed E-state index contributed by atoms with van der Waals surface area (Å²) in [6, 6.07) is 4.58. The first kappa shape index (κ1) is 19.7. The molecule has 2 bridgehead atoms. The third kappa shape index (κ3) is 3.44. The molecular weight excluding hydrogens is 390 g/mol. The standard InChI is InChI=1S/C23H26F2N2O3/c1-26-22(28)17(10-16-11-19(30-26)4-5-21(16)25)13-27-8-6-23(7-9-27)20-12-18(24)3-2-15(20)14-29-23/h4-5,11-12,17H,2-3,6-10,13-14H2,1H3. The average molecular weight is 416 g/mol. The van der Waals surface area contributed by atoms with Crippen LogP contribution in [0.1, 0.15) is 31.2 Å². The number of hydrogen-bond donors (Lipinski definition) is 0. The number of rotatable bonds is 2. The van der Waals surface area contributed by atoms with E-state index in [4.69, 9.17) is 9.57 Å². The van der Waals surface area contributed by atoms with Gasteiger partial charge in [-0.05, 0) is 66.7 Å².